The van der Waals surface area contributed by atoms with Crippen molar-refractivity contribution in [2.24, 2.45) is 11.7 Å². The lowest BCUT2D eigenvalue weighted by Gasteiger charge is -2.16. The van der Waals surface area contributed by atoms with Crippen LogP contribution < -0.4 is 20.5 Å². The van der Waals surface area contributed by atoms with Crippen molar-refractivity contribution in [1.82, 2.24) is 5.32 Å². The zero-order valence-electron chi connectivity index (χ0n) is 12.1. The highest BCUT2D eigenvalue weighted by Gasteiger charge is 2.14. The van der Waals surface area contributed by atoms with Gasteiger partial charge in [0.05, 0.1) is 7.11 Å². The Kier molecular flexibility index (Phi) is 8.76. The van der Waals surface area contributed by atoms with Crippen molar-refractivity contribution in [3.8, 4) is 11.5 Å². The number of amides is 1. The first kappa shape index (κ1) is 18.5. The minimum Gasteiger partial charge on any atom is -0.497 e. The van der Waals surface area contributed by atoms with Crippen LogP contribution in [0.1, 0.15) is 13.8 Å². The first-order chi connectivity index (χ1) is 9.06. The molecule has 5 nitrogen and oxygen atoms in total. The highest BCUT2D eigenvalue weighted by Crippen LogP contribution is 2.18. The largest absolute Gasteiger partial charge is 0.497 e. The smallest absolute Gasteiger partial charge is 0.260 e. The van der Waals surface area contributed by atoms with Gasteiger partial charge in [-0.2, -0.15) is 0 Å². The van der Waals surface area contributed by atoms with E-state index in [-0.39, 0.29) is 24.2 Å². The molecule has 0 aliphatic rings. The Morgan fingerprint density at radius 1 is 1.25 bits per heavy atom. The molecule has 1 rings (SSSR count). The molecule has 6 heteroatoms. The second kappa shape index (κ2) is 9.44. The predicted molar refractivity (Wildman–Crippen MR) is 81.6 cm³/mol. The van der Waals surface area contributed by atoms with Crippen LogP contribution >= 0.6 is 12.4 Å². The number of hydrogen-bond donors (Lipinski definition) is 2. The van der Waals surface area contributed by atoms with Gasteiger partial charge in [0.2, 0.25) is 0 Å². The minimum absolute atomic E-state index is 0. The van der Waals surface area contributed by atoms with Gasteiger partial charge in [0, 0.05) is 6.54 Å². The van der Waals surface area contributed by atoms with Gasteiger partial charge < -0.3 is 20.5 Å². The molecule has 0 aliphatic carbocycles. The summed E-state index contributed by atoms with van der Waals surface area (Å²) in [4.78, 5) is 11.8. The van der Waals surface area contributed by atoms with Crippen LogP contribution in [0.5, 0.6) is 11.5 Å². The number of hydrogen-bond acceptors (Lipinski definition) is 4. The van der Waals surface area contributed by atoms with Crippen LogP contribution in [0, 0.1) is 5.92 Å². The summed E-state index contributed by atoms with van der Waals surface area (Å²) in [6.45, 7) is 4.81. The summed E-state index contributed by atoms with van der Waals surface area (Å²) in [5.74, 6) is 1.50. The van der Waals surface area contributed by atoms with Gasteiger partial charge in [-0.1, -0.05) is 6.92 Å². The maximum atomic E-state index is 11.8. The number of rotatable bonds is 7. The highest BCUT2D eigenvalue weighted by molar-refractivity contribution is 5.85. The van der Waals surface area contributed by atoms with Crippen molar-refractivity contribution in [2.45, 2.75) is 20.0 Å². The van der Waals surface area contributed by atoms with Crippen LogP contribution in [0.15, 0.2) is 24.3 Å². The van der Waals surface area contributed by atoms with Crippen LogP contribution in [-0.2, 0) is 4.79 Å². The summed E-state index contributed by atoms with van der Waals surface area (Å²) < 4.78 is 10.6. The van der Waals surface area contributed by atoms with E-state index in [0.29, 0.717) is 18.8 Å². The zero-order chi connectivity index (χ0) is 14.3. The number of carbonyl (C=O) groups excluding carboxylic acids is 1. The maximum absolute atomic E-state index is 11.8. The SMILES string of the molecule is COc1ccc(OC(C)C(=O)NCC(C)CN)cc1.Cl. The number of carbonyl (C=O) groups is 1. The lowest BCUT2D eigenvalue weighted by Crippen LogP contribution is -2.39. The van der Waals surface area contributed by atoms with Gasteiger partial charge in [0.1, 0.15) is 11.5 Å². The number of ether oxygens (including phenoxy) is 2. The molecule has 1 aromatic carbocycles. The van der Waals surface area contributed by atoms with Gasteiger partial charge in [-0.15, -0.1) is 12.4 Å². The van der Waals surface area contributed by atoms with E-state index in [1.165, 1.54) is 0 Å². The molecule has 20 heavy (non-hydrogen) atoms. The standard InChI is InChI=1S/C14H22N2O3.ClH/c1-10(8-15)9-16-14(17)11(2)19-13-6-4-12(18-3)5-7-13;/h4-7,10-11H,8-9,15H2,1-3H3,(H,16,17);1H. The third kappa shape index (κ3) is 6.12. The third-order valence-electron chi connectivity index (χ3n) is 2.77. The Morgan fingerprint density at radius 3 is 2.30 bits per heavy atom. The lowest BCUT2D eigenvalue weighted by atomic mass is 10.2. The van der Waals surface area contributed by atoms with E-state index in [1.807, 2.05) is 6.92 Å². The van der Waals surface area contributed by atoms with Gasteiger partial charge in [0.15, 0.2) is 6.10 Å². The second-order valence-electron chi connectivity index (χ2n) is 4.52. The van der Waals surface area contributed by atoms with Crippen molar-refractivity contribution in [3.63, 3.8) is 0 Å². The molecular formula is C14H23ClN2O3. The average molecular weight is 303 g/mol. The summed E-state index contributed by atoms with van der Waals surface area (Å²) in [6, 6.07) is 7.11. The number of nitrogens with one attached hydrogen (secondary N) is 1. The van der Waals surface area contributed by atoms with E-state index >= 15 is 0 Å². The summed E-state index contributed by atoms with van der Waals surface area (Å²) >= 11 is 0. The van der Waals surface area contributed by atoms with Crippen LogP contribution in [-0.4, -0.2) is 32.2 Å². The monoisotopic (exact) mass is 302 g/mol. The quantitative estimate of drug-likeness (QED) is 0.802. The van der Waals surface area contributed by atoms with Crippen molar-refractivity contribution in [2.75, 3.05) is 20.2 Å². The van der Waals surface area contributed by atoms with Gasteiger partial charge in [0.25, 0.3) is 5.91 Å². The van der Waals surface area contributed by atoms with Crippen molar-refractivity contribution in [3.05, 3.63) is 24.3 Å². The van der Waals surface area contributed by atoms with E-state index in [2.05, 4.69) is 5.32 Å². The Bertz CT molecular complexity index is 398. The van der Waals surface area contributed by atoms with Gasteiger partial charge >= 0.3 is 0 Å². The van der Waals surface area contributed by atoms with E-state index in [9.17, 15) is 4.79 Å². The van der Waals surface area contributed by atoms with Crippen LogP contribution in [0.4, 0.5) is 0 Å². The molecule has 0 fully saturated rings. The molecule has 2 unspecified atom stereocenters. The summed E-state index contributed by atoms with van der Waals surface area (Å²) in [5, 5.41) is 2.81. The molecule has 0 spiro atoms. The molecule has 1 aromatic rings. The molecule has 0 saturated carbocycles. The summed E-state index contributed by atoms with van der Waals surface area (Å²) in [6.07, 6.45) is -0.543. The Hall–Kier alpha value is -1.46. The second-order valence-corrected chi connectivity index (χ2v) is 4.52. The summed E-state index contributed by atoms with van der Waals surface area (Å²) in [7, 11) is 1.60. The van der Waals surface area contributed by atoms with Crippen molar-refractivity contribution >= 4 is 18.3 Å². The molecule has 3 N–H and O–H groups in total. The number of methoxy groups -OCH3 is 1. The normalized spacial score (nSPS) is 12.8. The Labute approximate surface area is 126 Å². The average Bonchev–Trinajstić information content (AvgIpc) is 2.44. The molecule has 0 aliphatic heterocycles. The van der Waals surface area contributed by atoms with E-state index < -0.39 is 6.10 Å². The first-order valence-corrected chi connectivity index (χ1v) is 6.35. The number of nitrogens with two attached hydrogens (primary N) is 1. The van der Waals surface area contributed by atoms with Gasteiger partial charge in [-0.3, -0.25) is 4.79 Å². The van der Waals surface area contributed by atoms with E-state index in [1.54, 1.807) is 38.3 Å². The topological polar surface area (TPSA) is 73.6 Å². The molecule has 0 saturated heterocycles. The molecule has 114 valence electrons. The summed E-state index contributed by atoms with van der Waals surface area (Å²) in [5.41, 5.74) is 5.49. The molecule has 0 heterocycles. The highest BCUT2D eigenvalue weighted by atomic mass is 35.5. The predicted octanol–water partition coefficient (Wildman–Crippen LogP) is 1.60. The number of benzene rings is 1. The Morgan fingerprint density at radius 2 is 1.80 bits per heavy atom. The molecule has 2 atom stereocenters. The van der Waals surface area contributed by atoms with Crippen LogP contribution in [0.3, 0.4) is 0 Å². The van der Waals surface area contributed by atoms with Crippen molar-refractivity contribution in [1.29, 1.82) is 0 Å². The molecule has 0 bridgehead atoms. The molecule has 0 aromatic heterocycles. The fraction of sp³-hybridized carbons (Fsp3) is 0.500. The Balaban J connectivity index is 0.00000361. The van der Waals surface area contributed by atoms with Crippen LogP contribution in [0.2, 0.25) is 0 Å². The van der Waals surface area contributed by atoms with Crippen LogP contribution in [0.25, 0.3) is 0 Å². The molecule has 0 radical (unpaired) electrons. The molecule has 1 amide bonds. The number of halogens is 1. The van der Waals surface area contributed by atoms with Gasteiger partial charge in [-0.25, -0.2) is 0 Å². The van der Waals surface area contributed by atoms with E-state index in [4.69, 9.17) is 15.2 Å². The minimum atomic E-state index is -0.543. The van der Waals surface area contributed by atoms with Gasteiger partial charge in [-0.05, 0) is 43.7 Å². The zero-order valence-corrected chi connectivity index (χ0v) is 12.9. The third-order valence-corrected chi connectivity index (χ3v) is 2.77. The molecular weight excluding hydrogens is 280 g/mol. The lowest BCUT2D eigenvalue weighted by molar-refractivity contribution is -0.127. The first-order valence-electron chi connectivity index (χ1n) is 6.35. The van der Waals surface area contributed by atoms with E-state index in [0.717, 1.165) is 5.75 Å². The fourth-order valence-electron chi connectivity index (χ4n) is 1.41. The fourth-order valence-corrected chi connectivity index (χ4v) is 1.41. The van der Waals surface area contributed by atoms with Crippen molar-refractivity contribution < 1.29 is 14.3 Å². The maximum Gasteiger partial charge on any atom is 0.260 e.